The molecule has 1 saturated heterocycles. The summed E-state index contributed by atoms with van der Waals surface area (Å²) in [6.07, 6.45) is -3.61. The molecule has 0 saturated carbocycles. The van der Waals surface area contributed by atoms with Crippen molar-refractivity contribution >= 4 is 0 Å². The Morgan fingerprint density at radius 1 is 1.29 bits per heavy atom. The zero-order valence-corrected chi connectivity index (χ0v) is 11.3. The van der Waals surface area contributed by atoms with Crippen LogP contribution in [0.4, 0.5) is 13.2 Å². The van der Waals surface area contributed by atoms with Crippen LogP contribution in [0.3, 0.4) is 0 Å². The van der Waals surface area contributed by atoms with E-state index < -0.39 is 11.7 Å². The summed E-state index contributed by atoms with van der Waals surface area (Å²) >= 11 is 0. The Balaban J connectivity index is 1.96. The third-order valence-corrected chi connectivity index (χ3v) is 3.53. The van der Waals surface area contributed by atoms with Gasteiger partial charge in [-0.3, -0.25) is 0 Å². The number of hydrogen-bond donors (Lipinski definition) is 0. The van der Waals surface area contributed by atoms with E-state index in [4.69, 9.17) is 9.26 Å². The molecule has 1 aliphatic heterocycles. The second-order valence-electron chi connectivity index (χ2n) is 5.05. The van der Waals surface area contributed by atoms with Gasteiger partial charge >= 0.3 is 6.18 Å². The highest BCUT2D eigenvalue weighted by Crippen LogP contribution is 2.34. The summed E-state index contributed by atoms with van der Waals surface area (Å²) in [4.78, 5) is 4.22. The predicted octanol–water partition coefficient (Wildman–Crippen LogP) is 3.57. The number of halogens is 3. The first kappa shape index (κ1) is 14.1. The zero-order chi connectivity index (χ0) is 15.0. The molecule has 0 amide bonds. The van der Waals surface area contributed by atoms with Crippen LogP contribution in [0.5, 0.6) is 0 Å². The summed E-state index contributed by atoms with van der Waals surface area (Å²) in [5.41, 5.74) is 0.232. The van der Waals surface area contributed by atoms with Crippen molar-refractivity contribution in [1.82, 2.24) is 10.1 Å². The Kier molecular flexibility index (Phi) is 3.44. The number of aryl methyl sites for hydroxylation is 1. The molecule has 1 aromatic carbocycles. The molecule has 3 rings (SSSR count). The molecular formula is C14H13F3N2O2. The van der Waals surface area contributed by atoms with Gasteiger partial charge in [0.2, 0.25) is 0 Å². The van der Waals surface area contributed by atoms with Crippen molar-refractivity contribution < 1.29 is 22.4 Å². The highest BCUT2D eigenvalue weighted by atomic mass is 19.4. The fourth-order valence-electron chi connectivity index (χ4n) is 2.28. The highest BCUT2D eigenvalue weighted by molar-refractivity contribution is 5.59. The summed E-state index contributed by atoms with van der Waals surface area (Å²) in [6, 6.07) is 3.49. The van der Waals surface area contributed by atoms with Crippen LogP contribution in [0.2, 0.25) is 0 Å². The van der Waals surface area contributed by atoms with E-state index in [2.05, 4.69) is 10.1 Å². The predicted molar refractivity (Wildman–Crippen MR) is 67.7 cm³/mol. The average molecular weight is 298 g/mol. The van der Waals surface area contributed by atoms with Crippen LogP contribution < -0.4 is 0 Å². The fourth-order valence-corrected chi connectivity index (χ4v) is 2.28. The van der Waals surface area contributed by atoms with Gasteiger partial charge < -0.3 is 9.26 Å². The molecule has 0 bridgehead atoms. The lowest BCUT2D eigenvalue weighted by Gasteiger charge is -2.08. The third-order valence-electron chi connectivity index (χ3n) is 3.53. The summed E-state index contributed by atoms with van der Waals surface area (Å²) in [7, 11) is 0. The number of alkyl halides is 3. The zero-order valence-electron chi connectivity index (χ0n) is 11.3. The second kappa shape index (κ2) is 5.14. The summed E-state index contributed by atoms with van der Waals surface area (Å²) < 4.78 is 48.7. The van der Waals surface area contributed by atoms with Crippen LogP contribution in [0.15, 0.2) is 22.7 Å². The van der Waals surface area contributed by atoms with Gasteiger partial charge in [0, 0.05) is 18.1 Å². The van der Waals surface area contributed by atoms with Crippen molar-refractivity contribution in [3.63, 3.8) is 0 Å². The van der Waals surface area contributed by atoms with Crippen LogP contribution in [0.25, 0.3) is 11.5 Å². The lowest BCUT2D eigenvalue weighted by molar-refractivity contribution is -0.137. The van der Waals surface area contributed by atoms with Crippen molar-refractivity contribution in [2.75, 3.05) is 13.2 Å². The summed E-state index contributed by atoms with van der Waals surface area (Å²) in [6.45, 7) is 2.86. The minimum absolute atomic E-state index is 0.0496. The molecule has 2 aromatic rings. The first-order valence-electron chi connectivity index (χ1n) is 6.55. The molecule has 1 aliphatic rings. The van der Waals surface area contributed by atoms with Crippen LogP contribution in [0, 0.1) is 6.92 Å². The van der Waals surface area contributed by atoms with Crippen LogP contribution >= 0.6 is 0 Å². The van der Waals surface area contributed by atoms with Crippen LogP contribution in [-0.2, 0) is 10.9 Å². The van der Waals surface area contributed by atoms with Gasteiger partial charge in [0.25, 0.3) is 5.89 Å². The van der Waals surface area contributed by atoms with Gasteiger partial charge in [0.15, 0.2) is 5.82 Å². The van der Waals surface area contributed by atoms with Crippen molar-refractivity contribution in [2.45, 2.75) is 25.4 Å². The monoisotopic (exact) mass is 298 g/mol. The maximum absolute atomic E-state index is 12.8. The number of hydrogen-bond acceptors (Lipinski definition) is 4. The summed E-state index contributed by atoms with van der Waals surface area (Å²) in [5, 5.41) is 3.86. The maximum atomic E-state index is 12.8. The van der Waals surface area contributed by atoms with Gasteiger partial charge in [-0.1, -0.05) is 11.2 Å². The number of rotatable bonds is 2. The molecule has 0 N–H and O–H groups in total. The molecule has 2 heterocycles. The Morgan fingerprint density at radius 3 is 2.76 bits per heavy atom. The standard InChI is InChI=1S/C14H13F3N2O2/c1-8-2-3-10(14(15,16)17)6-11(8)13-18-12(19-21-13)9-4-5-20-7-9/h2-3,6,9H,4-5,7H2,1H3/t9-/m1/s1. The van der Waals surface area contributed by atoms with E-state index in [9.17, 15) is 13.2 Å². The number of benzene rings is 1. The quantitative estimate of drug-likeness (QED) is 0.850. The molecule has 4 nitrogen and oxygen atoms in total. The van der Waals surface area contributed by atoms with Gasteiger partial charge in [0.1, 0.15) is 0 Å². The Bertz CT molecular complexity index is 646. The van der Waals surface area contributed by atoms with Gasteiger partial charge in [-0.25, -0.2) is 0 Å². The van der Waals surface area contributed by atoms with Crippen molar-refractivity contribution in [3.8, 4) is 11.5 Å². The van der Waals surface area contributed by atoms with Crippen LogP contribution in [-0.4, -0.2) is 23.4 Å². The largest absolute Gasteiger partial charge is 0.416 e. The minimum Gasteiger partial charge on any atom is -0.381 e. The fraction of sp³-hybridized carbons (Fsp3) is 0.429. The molecular weight excluding hydrogens is 285 g/mol. The molecule has 0 spiro atoms. The number of ether oxygens (including phenoxy) is 1. The van der Waals surface area contributed by atoms with Gasteiger partial charge in [-0.05, 0) is 31.0 Å². The first-order valence-corrected chi connectivity index (χ1v) is 6.55. The van der Waals surface area contributed by atoms with E-state index in [1.807, 2.05) is 0 Å². The summed E-state index contributed by atoms with van der Waals surface area (Å²) in [5.74, 6) is 0.647. The lowest BCUT2D eigenvalue weighted by atomic mass is 10.0. The number of aromatic nitrogens is 2. The van der Waals surface area contributed by atoms with Crippen molar-refractivity contribution in [2.24, 2.45) is 0 Å². The molecule has 1 aromatic heterocycles. The molecule has 0 aliphatic carbocycles. The topological polar surface area (TPSA) is 48.2 Å². The van der Waals surface area contributed by atoms with Gasteiger partial charge in [-0.2, -0.15) is 18.2 Å². The molecule has 0 unspecified atom stereocenters. The van der Waals surface area contributed by atoms with Gasteiger partial charge in [0.05, 0.1) is 12.2 Å². The Labute approximate surface area is 118 Å². The maximum Gasteiger partial charge on any atom is 0.416 e. The second-order valence-corrected chi connectivity index (χ2v) is 5.05. The van der Waals surface area contributed by atoms with Crippen molar-refractivity contribution in [3.05, 3.63) is 35.2 Å². The molecule has 1 fully saturated rings. The first-order chi connectivity index (χ1) is 9.95. The molecule has 21 heavy (non-hydrogen) atoms. The van der Waals surface area contributed by atoms with E-state index in [0.717, 1.165) is 18.6 Å². The minimum atomic E-state index is -4.40. The van der Waals surface area contributed by atoms with E-state index >= 15 is 0 Å². The van der Waals surface area contributed by atoms with E-state index in [1.165, 1.54) is 6.07 Å². The van der Waals surface area contributed by atoms with E-state index in [1.54, 1.807) is 6.92 Å². The number of nitrogens with zero attached hydrogens (tertiary/aromatic N) is 2. The molecule has 112 valence electrons. The molecule has 0 radical (unpaired) electrons. The molecule has 7 heteroatoms. The normalized spacial score (nSPS) is 19.1. The third kappa shape index (κ3) is 2.78. The van der Waals surface area contributed by atoms with Crippen molar-refractivity contribution in [1.29, 1.82) is 0 Å². The average Bonchev–Trinajstić information content (AvgIpc) is 3.09. The highest BCUT2D eigenvalue weighted by Gasteiger charge is 2.31. The Morgan fingerprint density at radius 2 is 2.10 bits per heavy atom. The van der Waals surface area contributed by atoms with Gasteiger partial charge in [-0.15, -0.1) is 0 Å². The Hall–Kier alpha value is -1.89. The lowest BCUT2D eigenvalue weighted by Crippen LogP contribution is -2.05. The molecule has 1 atom stereocenters. The SMILES string of the molecule is Cc1ccc(C(F)(F)F)cc1-c1nc([C@@H]2CCOC2)no1. The van der Waals surface area contributed by atoms with E-state index in [-0.39, 0.29) is 11.8 Å². The van der Waals surface area contributed by atoms with Crippen LogP contribution in [0.1, 0.15) is 29.3 Å². The smallest absolute Gasteiger partial charge is 0.381 e. The van der Waals surface area contributed by atoms with E-state index in [0.29, 0.717) is 30.2 Å².